The molecule has 3 saturated carbocycles. The summed E-state index contributed by atoms with van der Waals surface area (Å²) in [4.78, 5) is 0. The second kappa shape index (κ2) is 8.89. The molecule has 2 heteroatoms. The predicted octanol–water partition coefficient (Wildman–Crippen LogP) is 3.86. The molecule has 0 spiro atoms. The zero-order valence-electron chi connectivity index (χ0n) is 16.2. The smallest absolute Gasteiger partial charge is 0.309 e. The van der Waals surface area contributed by atoms with E-state index in [0.29, 0.717) is 0 Å². The molecule has 3 aliphatic carbocycles. The standard InChI is InChI=1S/C23H32B.Li/c1-2-10-20(11-3-1)18-19-24(21-12-4-5-13-21,22-14-6-7-15-22)23-16-8-9-17-23;/h1-3,10-11,21-23H,4-9,12-17H2;/q-1;+1. The van der Waals surface area contributed by atoms with E-state index in [2.05, 4.69) is 42.1 Å². The first-order chi connectivity index (χ1) is 11.9. The molecule has 0 N–H and O–H groups in total. The summed E-state index contributed by atoms with van der Waals surface area (Å²) in [5.74, 6) is 10.6. The van der Waals surface area contributed by atoms with Crippen molar-refractivity contribution in [3.8, 4) is 11.7 Å². The molecule has 0 aliphatic heterocycles. The quantitative estimate of drug-likeness (QED) is 0.584. The third kappa shape index (κ3) is 3.92. The van der Waals surface area contributed by atoms with Gasteiger partial charge >= 0.3 is 18.9 Å². The molecular formula is C23H32BLi. The van der Waals surface area contributed by atoms with Crippen molar-refractivity contribution >= 4 is 6.15 Å². The summed E-state index contributed by atoms with van der Waals surface area (Å²) in [7, 11) is 0. The fourth-order valence-corrected chi connectivity index (χ4v) is 6.76. The average molecular weight is 326 g/mol. The van der Waals surface area contributed by atoms with Crippen LogP contribution in [0.2, 0.25) is 17.5 Å². The third-order valence-corrected chi connectivity index (χ3v) is 7.78. The van der Waals surface area contributed by atoms with Gasteiger partial charge in [0.25, 0.3) is 0 Å². The van der Waals surface area contributed by atoms with Gasteiger partial charge in [-0.15, -0.1) is 5.92 Å². The Kier molecular flexibility index (Phi) is 6.83. The molecule has 0 saturated heterocycles. The minimum absolute atomic E-state index is 0. The molecule has 4 rings (SSSR count). The van der Waals surface area contributed by atoms with Gasteiger partial charge in [0.1, 0.15) is 0 Å². The van der Waals surface area contributed by atoms with E-state index in [1.165, 1.54) is 82.6 Å². The Morgan fingerprint density at radius 3 is 1.44 bits per heavy atom. The van der Waals surface area contributed by atoms with Crippen LogP contribution in [0.5, 0.6) is 0 Å². The molecule has 0 radical (unpaired) electrons. The Morgan fingerprint density at radius 2 is 1.04 bits per heavy atom. The Bertz CT molecular complexity index is 541. The van der Waals surface area contributed by atoms with Crippen molar-refractivity contribution in [2.45, 2.75) is 94.5 Å². The minimum atomic E-state index is -0.510. The molecule has 25 heavy (non-hydrogen) atoms. The largest absolute Gasteiger partial charge is 1.00 e. The van der Waals surface area contributed by atoms with Gasteiger partial charge in [-0.3, -0.25) is 0 Å². The summed E-state index contributed by atoms with van der Waals surface area (Å²) in [6.45, 7) is 0. The monoisotopic (exact) mass is 326 g/mol. The van der Waals surface area contributed by atoms with Crippen molar-refractivity contribution in [1.82, 2.24) is 0 Å². The van der Waals surface area contributed by atoms with Gasteiger partial charge in [-0.05, 0) is 12.1 Å². The van der Waals surface area contributed by atoms with E-state index in [-0.39, 0.29) is 18.9 Å². The van der Waals surface area contributed by atoms with Crippen molar-refractivity contribution in [1.29, 1.82) is 0 Å². The molecule has 0 aromatic heterocycles. The summed E-state index contributed by atoms with van der Waals surface area (Å²) in [5, 5.41) is 0. The van der Waals surface area contributed by atoms with Crippen molar-refractivity contribution in [3.63, 3.8) is 0 Å². The Morgan fingerprint density at radius 1 is 0.640 bits per heavy atom. The first-order valence-corrected chi connectivity index (χ1v) is 10.6. The van der Waals surface area contributed by atoms with E-state index in [1.54, 1.807) is 0 Å². The molecule has 1 aromatic carbocycles. The van der Waals surface area contributed by atoms with Gasteiger partial charge < -0.3 is 5.82 Å². The van der Waals surface area contributed by atoms with E-state index in [0.717, 1.165) is 17.5 Å². The van der Waals surface area contributed by atoms with Gasteiger partial charge in [0.15, 0.2) is 0 Å². The zero-order chi connectivity index (χ0) is 16.2. The van der Waals surface area contributed by atoms with Crippen LogP contribution in [0.3, 0.4) is 0 Å². The van der Waals surface area contributed by atoms with Crippen LogP contribution in [0.15, 0.2) is 30.3 Å². The van der Waals surface area contributed by atoms with Crippen LogP contribution in [-0.4, -0.2) is 6.15 Å². The number of benzene rings is 1. The first kappa shape index (κ1) is 19.2. The fourth-order valence-electron chi connectivity index (χ4n) is 6.76. The van der Waals surface area contributed by atoms with E-state index >= 15 is 0 Å². The van der Waals surface area contributed by atoms with Crippen LogP contribution < -0.4 is 18.9 Å². The SMILES string of the molecule is C(#C[B-](C1CCCC1)(C1CCCC1)C1CCCC1)c1ccccc1.[Li+]. The zero-order valence-corrected chi connectivity index (χ0v) is 16.2. The van der Waals surface area contributed by atoms with Gasteiger partial charge in [-0.2, -0.15) is 17.5 Å². The minimum Gasteiger partial charge on any atom is -0.309 e. The maximum absolute atomic E-state index is 4.09. The average Bonchev–Trinajstić information content (AvgIpc) is 3.40. The van der Waals surface area contributed by atoms with Gasteiger partial charge in [-0.25, -0.2) is 0 Å². The molecule has 128 valence electrons. The maximum atomic E-state index is 4.09. The normalized spacial score (nSPS) is 22.6. The van der Waals surface area contributed by atoms with E-state index < -0.39 is 6.15 Å². The Balaban J connectivity index is 0.00000182. The van der Waals surface area contributed by atoms with Crippen molar-refractivity contribution in [2.75, 3.05) is 0 Å². The molecule has 0 heterocycles. The maximum Gasteiger partial charge on any atom is 1.00 e. The summed E-state index contributed by atoms with van der Waals surface area (Å²) in [6.07, 6.45) is 17.1. The van der Waals surface area contributed by atoms with Crippen molar-refractivity contribution < 1.29 is 18.9 Å². The summed E-state index contributed by atoms with van der Waals surface area (Å²) in [6, 6.07) is 10.8. The van der Waals surface area contributed by atoms with Crippen LogP contribution >= 0.6 is 0 Å². The number of hydrogen-bond acceptors (Lipinski definition) is 0. The molecule has 0 atom stereocenters. The molecule has 0 amide bonds. The summed E-state index contributed by atoms with van der Waals surface area (Å²) < 4.78 is 0. The molecule has 3 aliphatic rings. The van der Waals surface area contributed by atoms with Crippen LogP contribution in [0.1, 0.15) is 82.6 Å². The topological polar surface area (TPSA) is 0 Å². The first-order valence-electron chi connectivity index (χ1n) is 10.6. The molecule has 0 nitrogen and oxygen atoms in total. The Hall–Kier alpha value is -0.558. The van der Waals surface area contributed by atoms with Gasteiger partial charge in [0, 0.05) is 5.56 Å². The van der Waals surface area contributed by atoms with Crippen LogP contribution in [0.25, 0.3) is 0 Å². The van der Waals surface area contributed by atoms with Gasteiger partial charge in [-0.1, -0.05) is 95.2 Å². The summed E-state index contributed by atoms with van der Waals surface area (Å²) >= 11 is 0. The van der Waals surface area contributed by atoms with Crippen LogP contribution in [-0.2, 0) is 0 Å². The second-order valence-electron chi connectivity index (χ2n) is 8.85. The van der Waals surface area contributed by atoms with E-state index in [9.17, 15) is 0 Å². The number of hydrogen-bond donors (Lipinski definition) is 0. The molecule has 0 unspecified atom stereocenters. The molecule has 0 bridgehead atoms. The molecule has 1 aromatic rings. The molecule has 3 fully saturated rings. The predicted molar refractivity (Wildman–Crippen MR) is 106 cm³/mol. The Labute approximate surface area is 167 Å². The fraction of sp³-hybridized carbons (Fsp3) is 0.652. The number of rotatable bonds is 3. The van der Waals surface area contributed by atoms with E-state index in [4.69, 9.17) is 0 Å². The second-order valence-corrected chi connectivity index (χ2v) is 8.85. The van der Waals surface area contributed by atoms with Crippen LogP contribution in [0, 0.1) is 11.7 Å². The van der Waals surface area contributed by atoms with Gasteiger partial charge in [0.05, 0.1) is 6.15 Å². The van der Waals surface area contributed by atoms with Crippen molar-refractivity contribution in [2.24, 2.45) is 0 Å². The van der Waals surface area contributed by atoms with Gasteiger partial charge in [0.2, 0.25) is 0 Å². The third-order valence-electron chi connectivity index (χ3n) is 7.78. The molecular weight excluding hydrogens is 294 g/mol. The van der Waals surface area contributed by atoms with Crippen molar-refractivity contribution in [3.05, 3.63) is 35.9 Å². The van der Waals surface area contributed by atoms with E-state index in [1.807, 2.05) is 0 Å². The van der Waals surface area contributed by atoms with Crippen LogP contribution in [0.4, 0.5) is 0 Å². The summed E-state index contributed by atoms with van der Waals surface area (Å²) in [5.41, 5.74) is 1.23.